The molecule has 1 N–H and O–H groups in total. The quantitative estimate of drug-likeness (QED) is 0.789. The lowest BCUT2D eigenvalue weighted by atomic mass is 9.98. The van der Waals surface area contributed by atoms with Crippen LogP contribution in [0.4, 0.5) is 0 Å². The number of rotatable bonds is 5. The van der Waals surface area contributed by atoms with Crippen LogP contribution in [-0.4, -0.2) is 13.7 Å². The Bertz CT molecular complexity index is 631. The van der Waals surface area contributed by atoms with Gasteiger partial charge < -0.3 is 10.1 Å². The highest BCUT2D eigenvalue weighted by Gasteiger charge is 2.17. The molecule has 0 heterocycles. The topological polar surface area (TPSA) is 21.3 Å². The van der Waals surface area contributed by atoms with E-state index in [-0.39, 0.29) is 6.04 Å². The van der Waals surface area contributed by atoms with Gasteiger partial charge in [-0.05, 0) is 41.9 Å². The van der Waals surface area contributed by atoms with Crippen LogP contribution in [0.1, 0.15) is 24.1 Å². The molecule has 0 radical (unpaired) electrons. The van der Waals surface area contributed by atoms with Crippen molar-refractivity contribution in [1.82, 2.24) is 5.32 Å². The molecule has 112 valence electrons. The number of hydrogen-bond donors (Lipinski definition) is 1. The predicted octanol–water partition coefficient (Wildman–Crippen LogP) is 5.35. The molecule has 0 bridgehead atoms. The molecule has 1 atom stereocenters. The van der Waals surface area contributed by atoms with Gasteiger partial charge in [0.25, 0.3) is 0 Å². The summed E-state index contributed by atoms with van der Waals surface area (Å²) in [5.74, 6) is 0.651. The zero-order valence-electron chi connectivity index (χ0n) is 11.8. The number of nitrogens with one attached hydrogen (secondary N) is 1. The molecular formula is C16H16Cl3NO. The number of ether oxygens (including phenoxy) is 1. The Morgan fingerprint density at radius 1 is 1.05 bits per heavy atom. The first-order valence-corrected chi connectivity index (χ1v) is 7.72. The van der Waals surface area contributed by atoms with E-state index in [1.54, 1.807) is 13.2 Å². The average Bonchev–Trinajstić information content (AvgIpc) is 2.45. The third-order valence-corrected chi connectivity index (χ3v) is 4.05. The van der Waals surface area contributed by atoms with Gasteiger partial charge in [0.2, 0.25) is 0 Å². The third kappa shape index (κ3) is 3.83. The fourth-order valence-corrected chi connectivity index (χ4v) is 2.99. The van der Waals surface area contributed by atoms with Gasteiger partial charge in [0.15, 0.2) is 0 Å². The van der Waals surface area contributed by atoms with Gasteiger partial charge in [-0.15, -0.1) is 0 Å². The minimum absolute atomic E-state index is 0.0526. The van der Waals surface area contributed by atoms with E-state index in [2.05, 4.69) is 5.32 Å². The second-order valence-corrected chi connectivity index (χ2v) is 5.80. The van der Waals surface area contributed by atoms with Crippen LogP contribution in [-0.2, 0) is 0 Å². The summed E-state index contributed by atoms with van der Waals surface area (Å²) < 4.78 is 5.19. The van der Waals surface area contributed by atoms with Crippen LogP contribution in [0.3, 0.4) is 0 Å². The third-order valence-electron chi connectivity index (χ3n) is 3.19. The molecule has 0 aliphatic rings. The zero-order valence-corrected chi connectivity index (χ0v) is 14.1. The van der Waals surface area contributed by atoms with E-state index in [4.69, 9.17) is 39.5 Å². The van der Waals surface area contributed by atoms with Crippen molar-refractivity contribution >= 4 is 34.8 Å². The van der Waals surface area contributed by atoms with Gasteiger partial charge in [0.05, 0.1) is 18.2 Å². The summed E-state index contributed by atoms with van der Waals surface area (Å²) in [5, 5.41) is 5.23. The van der Waals surface area contributed by atoms with Crippen LogP contribution in [0.15, 0.2) is 36.4 Å². The average molecular weight is 345 g/mol. The van der Waals surface area contributed by atoms with Crippen LogP contribution in [0.2, 0.25) is 15.1 Å². The molecule has 2 aromatic carbocycles. The smallest absolute Gasteiger partial charge is 0.137 e. The number of benzene rings is 2. The second kappa shape index (κ2) is 7.37. The minimum atomic E-state index is -0.0526. The maximum Gasteiger partial charge on any atom is 0.137 e. The summed E-state index contributed by atoms with van der Waals surface area (Å²) in [5.41, 5.74) is 1.98. The number of hydrogen-bond acceptors (Lipinski definition) is 2. The van der Waals surface area contributed by atoms with Crippen molar-refractivity contribution in [3.8, 4) is 5.75 Å². The van der Waals surface area contributed by atoms with Gasteiger partial charge in [0, 0.05) is 10.0 Å². The molecule has 0 aromatic heterocycles. The summed E-state index contributed by atoms with van der Waals surface area (Å²) in [6.07, 6.45) is 0. The highest BCUT2D eigenvalue weighted by molar-refractivity contribution is 6.35. The Balaban J connectivity index is 2.45. The van der Waals surface area contributed by atoms with Crippen molar-refractivity contribution in [3.05, 3.63) is 62.6 Å². The molecule has 0 aliphatic heterocycles. The van der Waals surface area contributed by atoms with E-state index >= 15 is 0 Å². The van der Waals surface area contributed by atoms with Gasteiger partial charge in [-0.3, -0.25) is 0 Å². The van der Waals surface area contributed by atoms with Crippen molar-refractivity contribution in [1.29, 1.82) is 0 Å². The van der Waals surface area contributed by atoms with Crippen molar-refractivity contribution in [2.75, 3.05) is 13.7 Å². The lowest BCUT2D eigenvalue weighted by Gasteiger charge is -2.21. The van der Waals surface area contributed by atoms with Crippen LogP contribution < -0.4 is 10.1 Å². The minimum Gasteiger partial charge on any atom is -0.495 e. The van der Waals surface area contributed by atoms with E-state index < -0.39 is 0 Å². The molecule has 0 fully saturated rings. The first-order chi connectivity index (χ1) is 10.1. The fourth-order valence-electron chi connectivity index (χ4n) is 2.21. The lowest BCUT2D eigenvalue weighted by molar-refractivity contribution is 0.414. The summed E-state index contributed by atoms with van der Waals surface area (Å²) in [4.78, 5) is 0. The molecule has 2 rings (SSSR count). The zero-order chi connectivity index (χ0) is 15.4. The van der Waals surface area contributed by atoms with Gasteiger partial charge >= 0.3 is 0 Å². The molecule has 2 aromatic rings. The summed E-state index contributed by atoms with van der Waals surface area (Å²) in [6, 6.07) is 11.2. The van der Waals surface area contributed by atoms with E-state index in [9.17, 15) is 0 Å². The Morgan fingerprint density at radius 2 is 1.81 bits per heavy atom. The molecule has 0 aliphatic carbocycles. The molecular weight excluding hydrogens is 329 g/mol. The molecule has 5 heteroatoms. The maximum absolute atomic E-state index is 6.33. The highest BCUT2D eigenvalue weighted by atomic mass is 35.5. The monoisotopic (exact) mass is 343 g/mol. The Morgan fingerprint density at radius 3 is 2.38 bits per heavy atom. The van der Waals surface area contributed by atoms with Crippen LogP contribution in [0.5, 0.6) is 5.75 Å². The first kappa shape index (κ1) is 16.4. The Kier molecular flexibility index (Phi) is 5.77. The molecule has 1 unspecified atom stereocenters. The van der Waals surface area contributed by atoms with E-state index in [1.807, 2.05) is 37.3 Å². The Hall–Kier alpha value is -0.930. The van der Waals surface area contributed by atoms with Gasteiger partial charge in [0.1, 0.15) is 5.75 Å². The summed E-state index contributed by atoms with van der Waals surface area (Å²) in [7, 11) is 1.60. The summed E-state index contributed by atoms with van der Waals surface area (Å²) in [6.45, 7) is 2.84. The number of halogens is 3. The van der Waals surface area contributed by atoms with Crippen LogP contribution in [0, 0.1) is 0 Å². The molecule has 2 nitrogen and oxygen atoms in total. The predicted molar refractivity (Wildman–Crippen MR) is 90.0 cm³/mol. The highest BCUT2D eigenvalue weighted by Crippen LogP contribution is 2.34. The summed E-state index contributed by atoms with van der Waals surface area (Å²) >= 11 is 18.5. The lowest BCUT2D eigenvalue weighted by Crippen LogP contribution is -2.22. The second-order valence-electron chi connectivity index (χ2n) is 4.55. The standard InChI is InChI=1S/C16H16Cl3NO/c1-3-20-16(12-6-5-11(17)9-13(12)18)10-4-7-15(21-2)14(19)8-10/h4-9,16,20H,3H2,1-2H3. The van der Waals surface area contributed by atoms with Crippen molar-refractivity contribution < 1.29 is 4.74 Å². The van der Waals surface area contributed by atoms with Gasteiger partial charge in [-0.1, -0.05) is 53.9 Å². The molecule has 21 heavy (non-hydrogen) atoms. The van der Waals surface area contributed by atoms with E-state index in [0.717, 1.165) is 17.7 Å². The number of methoxy groups -OCH3 is 1. The first-order valence-electron chi connectivity index (χ1n) is 6.58. The fraction of sp³-hybridized carbons (Fsp3) is 0.250. The van der Waals surface area contributed by atoms with Gasteiger partial charge in [-0.2, -0.15) is 0 Å². The van der Waals surface area contributed by atoms with Crippen LogP contribution >= 0.6 is 34.8 Å². The molecule has 0 spiro atoms. The van der Waals surface area contributed by atoms with E-state index in [0.29, 0.717) is 20.8 Å². The largest absolute Gasteiger partial charge is 0.495 e. The van der Waals surface area contributed by atoms with Crippen LogP contribution in [0.25, 0.3) is 0 Å². The normalized spacial score (nSPS) is 12.2. The molecule has 0 amide bonds. The van der Waals surface area contributed by atoms with Crippen molar-refractivity contribution in [2.24, 2.45) is 0 Å². The van der Waals surface area contributed by atoms with Gasteiger partial charge in [-0.25, -0.2) is 0 Å². The SMILES string of the molecule is CCNC(c1ccc(OC)c(Cl)c1)c1ccc(Cl)cc1Cl. The van der Waals surface area contributed by atoms with Crippen molar-refractivity contribution in [3.63, 3.8) is 0 Å². The van der Waals surface area contributed by atoms with E-state index in [1.165, 1.54) is 0 Å². The Labute approximate surface area is 140 Å². The maximum atomic E-state index is 6.33. The molecule has 0 saturated carbocycles. The van der Waals surface area contributed by atoms with Crippen molar-refractivity contribution in [2.45, 2.75) is 13.0 Å². The molecule has 0 saturated heterocycles.